The van der Waals surface area contributed by atoms with Crippen LogP contribution in [0.1, 0.15) is 57.3 Å². The van der Waals surface area contributed by atoms with E-state index in [1.165, 1.54) is 24.4 Å². The molecule has 184 valence electrons. The highest BCUT2D eigenvalue weighted by Crippen LogP contribution is 2.34. The molecule has 5 rings (SSSR count). The number of hydrogen-bond acceptors (Lipinski definition) is 6. The molecule has 1 aliphatic rings. The lowest BCUT2D eigenvalue weighted by Crippen LogP contribution is -2.31. The Morgan fingerprint density at radius 3 is 2.72 bits per heavy atom. The van der Waals surface area contributed by atoms with Gasteiger partial charge in [-0.25, -0.2) is 4.98 Å². The summed E-state index contributed by atoms with van der Waals surface area (Å²) in [6.45, 7) is 1.70. The molecule has 0 saturated heterocycles. The summed E-state index contributed by atoms with van der Waals surface area (Å²) in [5.41, 5.74) is 5.67. The van der Waals surface area contributed by atoms with Crippen molar-refractivity contribution in [2.45, 2.75) is 44.9 Å². The number of nitrogens with zero attached hydrogens (tertiary/aromatic N) is 4. The lowest BCUT2D eigenvalue weighted by atomic mass is 9.90. The lowest BCUT2D eigenvalue weighted by Gasteiger charge is -2.34. The molecule has 1 unspecified atom stereocenters. The first-order valence-electron chi connectivity index (χ1n) is 11.8. The topological polar surface area (TPSA) is 84.2 Å². The third-order valence-electron chi connectivity index (χ3n) is 6.37. The van der Waals surface area contributed by atoms with Crippen LogP contribution in [0.5, 0.6) is 0 Å². The minimum atomic E-state index is -0.338. The molecule has 3 heterocycles. The summed E-state index contributed by atoms with van der Waals surface area (Å²) in [5.74, 6) is -0.338. The molecule has 7 nitrogen and oxygen atoms in total. The number of benzene rings is 1. The molecular formula is C27H25Cl2N5O2. The van der Waals surface area contributed by atoms with Gasteiger partial charge in [-0.3, -0.25) is 19.7 Å². The van der Waals surface area contributed by atoms with E-state index in [-0.39, 0.29) is 27.6 Å². The molecule has 9 heteroatoms. The molecular weight excluding hydrogens is 497 g/mol. The van der Waals surface area contributed by atoms with Gasteiger partial charge in [-0.2, -0.15) is 0 Å². The van der Waals surface area contributed by atoms with Crippen LogP contribution in [0.25, 0.3) is 0 Å². The van der Waals surface area contributed by atoms with Crippen LogP contribution in [0.4, 0.5) is 0 Å². The summed E-state index contributed by atoms with van der Waals surface area (Å²) >= 11 is 12.3. The van der Waals surface area contributed by atoms with Crippen LogP contribution in [0.3, 0.4) is 0 Å². The van der Waals surface area contributed by atoms with Gasteiger partial charge in [0.1, 0.15) is 6.26 Å². The number of nitrogens with one attached hydrogen (secondary N) is 1. The smallest absolute Gasteiger partial charge is 0.254 e. The van der Waals surface area contributed by atoms with Gasteiger partial charge in [-0.15, -0.1) is 0 Å². The van der Waals surface area contributed by atoms with E-state index in [4.69, 9.17) is 32.6 Å². The third-order valence-corrected chi connectivity index (χ3v) is 6.94. The quantitative estimate of drug-likeness (QED) is 0.316. The molecule has 0 radical (unpaired) electrons. The van der Waals surface area contributed by atoms with Gasteiger partial charge in [0.2, 0.25) is 0 Å². The number of carbonyl (C=O) groups is 1. The molecule has 1 aliphatic carbocycles. The maximum Gasteiger partial charge on any atom is 0.254 e. The van der Waals surface area contributed by atoms with Crippen LogP contribution < -0.4 is 5.32 Å². The number of aryl methyl sites for hydroxylation is 1. The van der Waals surface area contributed by atoms with Crippen LogP contribution in [-0.2, 0) is 26.1 Å². The minimum Gasteiger partial charge on any atom is -0.451 e. The van der Waals surface area contributed by atoms with E-state index in [2.05, 4.69) is 38.4 Å². The molecule has 1 amide bonds. The van der Waals surface area contributed by atoms with Crippen molar-refractivity contribution < 1.29 is 9.21 Å². The molecule has 0 fully saturated rings. The summed E-state index contributed by atoms with van der Waals surface area (Å²) in [6.07, 6.45) is 11.0. The lowest BCUT2D eigenvalue weighted by molar-refractivity contribution is 0.0951. The van der Waals surface area contributed by atoms with Crippen molar-refractivity contribution in [1.82, 2.24) is 25.2 Å². The van der Waals surface area contributed by atoms with Crippen LogP contribution in [0.15, 0.2) is 72.1 Å². The Kier molecular flexibility index (Phi) is 7.60. The number of amides is 1. The Morgan fingerprint density at radius 1 is 1.08 bits per heavy atom. The predicted molar refractivity (Wildman–Crippen MR) is 138 cm³/mol. The second-order valence-corrected chi connectivity index (χ2v) is 9.64. The molecule has 3 aromatic heterocycles. The second kappa shape index (κ2) is 11.2. The van der Waals surface area contributed by atoms with E-state index >= 15 is 0 Å². The van der Waals surface area contributed by atoms with Crippen LogP contribution in [0, 0.1) is 0 Å². The van der Waals surface area contributed by atoms with Gasteiger partial charge in [0, 0.05) is 38.2 Å². The Balaban J connectivity index is 1.33. The van der Waals surface area contributed by atoms with Gasteiger partial charge in [0.25, 0.3) is 5.91 Å². The van der Waals surface area contributed by atoms with Crippen LogP contribution >= 0.6 is 23.2 Å². The van der Waals surface area contributed by atoms with Crippen molar-refractivity contribution in [1.29, 1.82) is 0 Å². The van der Waals surface area contributed by atoms with Gasteiger partial charge in [-0.1, -0.05) is 53.5 Å². The van der Waals surface area contributed by atoms with Gasteiger partial charge >= 0.3 is 0 Å². The third kappa shape index (κ3) is 5.59. The molecule has 36 heavy (non-hydrogen) atoms. The number of aromatic nitrogens is 3. The zero-order chi connectivity index (χ0) is 24.9. The molecule has 0 bridgehead atoms. The average molecular weight is 522 g/mol. The summed E-state index contributed by atoms with van der Waals surface area (Å²) in [7, 11) is 0. The highest BCUT2D eigenvalue weighted by molar-refractivity contribution is 6.39. The highest BCUT2D eigenvalue weighted by Gasteiger charge is 2.28. The van der Waals surface area contributed by atoms with Gasteiger partial charge in [0.15, 0.2) is 6.39 Å². The largest absolute Gasteiger partial charge is 0.451 e. The van der Waals surface area contributed by atoms with E-state index in [0.717, 1.165) is 41.8 Å². The Labute approximate surface area is 219 Å². The first-order chi connectivity index (χ1) is 17.6. The number of oxazole rings is 1. The maximum atomic E-state index is 12.7. The second-order valence-electron chi connectivity index (χ2n) is 8.82. The Morgan fingerprint density at radius 2 is 1.92 bits per heavy atom. The highest BCUT2D eigenvalue weighted by atomic mass is 35.5. The molecule has 0 spiro atoms. The van der Waals surface area contributed by atoms with Crippen molar-refractivity contribution in [3.05, 3.63) is 111 Å². The van der Waals surface area contributed by atoms with E-state index in [1.54, 1.807) is 6.26 Å². The first kappa shape index (κ1) is 24.4. The van der Waals surface area contributed by atoms with Crippen molar-refractivity contribution in [3.63, 3.8) is 0 Å². The molecule has 4 aromatic rings. The van der Waals surface area contributed by atoms with Gasteiger partial charge in [-0.05, 0) is 42.0 Å². The molecule has 1 aromatic carbocycles. The predicted octanol–water partition coefficient (Wildman–Crippen LogP) is 5.78. The maximum absolute atomic E-state index is 12.7. The summed E-state index contributed by atoms with van der Waals surface area (Å²) in [6, 6.07) is 12.6. The molecule has 0 saturated carbocycles. The summed E-state index contributed by atoms with van der Waals surface area (Å²) in [4.78, 5) is 28.1. The van der Waals surface area contributed by atoms with Crippen molar-refractivity contribution >= 4 is 29.1 Å². The number of carbonyl (C=O) groups excluding carboxylic acids is 1. The number of rotatable bonds is 8. The first-order valence-corrected chi connectivity index (χ1v) is 12.5. The monoisotopic (exact) mass is 521 g/mol. The molecule has 0 aliphatic heterocycles. The fraction of sp³-hybridized carbons (Fsp3) is 0.259. The van der Waals surface area contributed by atoms with Crippen LogP contribution in [-0.4, -0.2) is 25.8 Å². The van der Waals surface area contributed by atoms with Crippen LogP contribution in [0.2, 0.25) is 10.0 Å². The normalized spacial score (nSPS) is 15.0. The van der Waals surface area contributed by atoms with E-state index < -0.39 is 0 Å². The molecule has 1 atom stereocenters. The zero-order valence-corrected chi connectivity index (χ0v) is 21.0. The van der Waals surface area contributed by atoms with Crippen molar-refractivity contribution in [2.24, 2.45) is 0 Å². The van der Waals surface area contributed by atoms with Gasteiger partial charge in [0.05, 0.1) is 33.0 Å². The zero-order valence-electron chi connectivity index (χ0n) is 19.5. The number of pyridine rings is 2. The van der Waals surface area contributed by atoms with E-state index in [0.29, 0.717) is 19.6 Å². The Hall–Kier alpha value is -3.26. The fourth-order valence-corrected chi connectivity index (χ4v) is 5.25. The average Bonchev–Trinajstić information content (AvgIpc) is 3.40. The Bertz CT molecular complexity index is 1330. The number of halogens is 2. The van der Waals surface area contributed by atoms with E-state index in [9.17, 15) is 4.79 Å². The number of hydrogen-bond donors (Lipinski definition) is 1. The van der Waals surface area contributed by atoms with Crippen molar-refractivity contribution in [2.75, 3.05) is 0 Å². The number of fused-ring (bicyclic) bond motifs is 1. The fourth-order valence-electron chi connectivity index (χ4n) is 4.71. The SMILES string of the molecule is O=C(NCc1cccc(CN(Cc2cocn2)C2CCCc3cccnc32)c1)c1c(Cl)cncc1Cl. The van der Waals surface area contributed by atoms with Gasteiger partial charge < -0.3 is 9.73 Å². The standard InChI is InChI=1S/C27H25Cl2N5O2/c28-22-12-30-13-23(29)25(22)27(35)32-11-18-4-1-5-19(10-18)14-34(15-21-16-36-17-33-21)24-8-2-6-20-7-3-9-31-26(20)24/h1,3-5,7,9-10,12-13,16-17,24H,2,6,8,11,14-15H2,(H,32,35). The van der Waals surface area contributed by atoms with E-state index in [1.807, 2.05) is 24.4 Å². The summed E-state index contributed by atoms with van der Waals surface area (Å²) < 4.78 is 5.23. The van der Waals surface area contributed by atoms with Crippen molar-refractivity contribution in [3.8, 4) is 0 Å². The molecule has 1 N–H and O–H groups in total. The summed E-state index contributed by atoms with van der Waals surface area (Å²) in [5, 5.41) is 3.35. The minimum absolute atomic E-state index is 0.186.